The van der Waals surface area contributed by atoms with Crippen LogP contribution in [0.5, 0.6) is 5.75 Å². The number of nitrogens with zero attached hydrogens (tertiary/aromatic N) is 4. The average molecular weight is 448 g/mol. The van der Waals surface area contributed by atoms with Crippen LogP contribution < -0.4 is 15.6 Å². The molecule has 4 aromatic rings. The summed E-state index contributed by atoms with van der Waals surface area (Å²) < 4.78 is 8.53. The number of hydrogen-bond donors (Lipinski definition) is 1. The molecule has 1 atom stereocenters. The lowest BCUT2D eigenvalue weighted by molar-refractivity contribution is -0.121. The van der Waals surface area contributed by atoms with Gasteiger partial charge in [-0.15, -0.1) is 0 Å². The molecule has 0 saturated heterocycles. The van der Waals surface area contributed by atoms with Gasteiger partial charge in [0.1, 0.15) is 11.1 Å². The molecule has 1 aliphatic rings. The summed E-state index contributed by atoms with van der Waals surface area (Å²) in [4.78, 5) is 30.5. The number of benzene rings is 2. The van der Waals surface area contributed by atoms with Gasteiger partial charge in [-0.2, -0.15) is 5.10 Å². The number of para-hydroxylation sites is 1. The summed E-state index contributed by atoms with van der Waals surface area (Å²) in [6.45, 7) is 0.402. The van der Waals surface area contributed by atoms with E-state index < -0.39 is 0 Å². The number of fused-ring (bicyclic) bond motifs is 2. The van der Waals surface area contributed by atoms with Gasteiger partial charge < -0.3 is 10.1 Å². The van der Waals surface area contributed by atoms with Crippen LogP contribution in [0.15, 0.2) is 70.7 Å². The van der Waals surface area contributed by atoms with Gasteiger partial charge in [0.2, 0.25) is 5.91 Å². The number of carbonyl (C=O) groups is 1. The van der Waals surface area contributed by atoms with Crippen LogP contribution in [-0.4, -0.2) is 38.1 Å². The molecular formula is C23H21N5O3S. The molecule has 0 saturated carbocycles. The Bertz CT molecular complexity index is 1350. The molecule has 0 unspecified atom stereocenters. The quantitative estimate of drug-likeness (QED) is 0.457. The Labute approximate surface area is 188 Å². The molecular weight excluding hydrogens is 426 g/mol. The topological polar surface area (TPSA) is 91.0 Å². The molecule has 9 heteroatoms. The monoisotopic (exact) mass is 447 g/mol. The van der Waals surface area contributed by atoms with Crippen LogP contribution in [-0.2, 0) is 11.3 Å². The van der Waals surface area contributed by atoms with Crippen molar-refractivity contribution in [1.29, 1.82) is 0 Å². The maximum absolute atomic E-state index is 13.2. The third-order valence-electron chi connectivity index (χ3n) is 5.42. The Morgan fingerprint density at radius 3 is 2.88 bits per heavy atom. The van der Waals surface area contributed by atoms with Crippen LogP contribution in [0.1, 0.15) is 18.0 Å². The minimum Gasteiger partial charge on any atom is -0.497 e. The Morgan fingerprint density at radius 2 is 2.06 bits per heavy atom. The van der Waals surface area contributed by atoms with Crippen molar-refractivity contribution in [3.05, 3.63) is 76.7 Å². The minimum atomic E-state index is -0.246. The molecule has 5 rings (SSSR count). The van der Waals surface area contributed by atoms with Gasteiger partial charge in [-0.3, -0.25) is 14.2 Å². The van der Waals surface area contributed by atoms with Gasteiger partial charge >= 0.3 is 0 Å². The van der Waals surface area contributed by atoms with Crippen molar-refractivity contribution < 1.29 is 9.53 Å². The van der Waals surface area contributed by atoms with Gasteiger partial charge in [0.05, 0.1) is 25.0 Å². The number of aromatic nitrogens is 4. The second-order valence-electron chi connectivity index (χ2n) is 7.50. The first-order chi connectivity index (χ1) is 15.6. The van der Waals surface area contributed by atoms with Crippen LogP contribution in [0.3, 0.4) is 0 Å². The van der Waals surface area contributed by atoms with Gasteiger partial charge in [0.25, 0.3) is 5.56 Å². The Morgan fingerprint density at radius 1 is 1.22 bits per heavy atom. The van der Waals surface area contributed by atoms with Crippen molar-refractivity contribution in [1.82, 2.24) is 24.6 Å². The van der Waals surface area contributed by atoms with Gasteiger partial charge in [0, 0.05) is 18.7 Å². The van der Waals surface area contributed by atoms with Crippen molar-refractivity contribution in [3.63, 3.8) is 0 Å². The lowest BCUT2D eigenvalue weighted by Crippen LogP contribution is -2.30. The summed E-state index contributed by atoms with van der Waals surface area (Å²) in [5.41, 5.74) is 2.16. The lowest BCUT2D eigenvalue weighted by Gasteiger charge is -2.14. The van der Waals surface area contributed by atoms with Crippen molar-refractivity contribution in [2.24, 2.45) is 0 Å². The molecule has 8 nitrogen and oxygen atoms in total. The molecule has 32 heavy (non-hydrogen) atoms. The number of ether oxygens (including phenoxy) is 1. The molecule has 1 N–H and O–H groups in total. The van der Waals surface area contributed by atoms with Gasteiger partial charge in [-0.1, -0.05) is 42.1 Å². The van der Waals surface area contributed by atoms with E-state index in [4.69, 9.17) is 9.72 Å². The van der Waals surface area contributed by atoms with E-state index in [9.17, 15) is 9.59 Å². The first-order valence-electron chi connectivity index (χ1n) is 10.2. The number of amides is 1. The molecule has 0 radical (unpaired) electrons. The smallest absolute Gasteiger partial charge is 0.265 e. The molecule has 1 aliphatic heterocycles. The zero-order valence-corrected chi connectivity index (χ0v) is 18.2. The van der Waals surface area contributed by atoms with Crippen LogP contribution >= 0.6 is 11.8 Å². The second-order valence-corrected chi connectivity index (χ2v) is 8.48. The van der Waals surface area contributed by atoms with E-state index in [2.05, 4.69) is 10.4 Å². The number of hydrogen-bond acceptors (Lipinski definition) is 6. The van der Waals surface area contributed by atoms with E-state index in [1.165, 1.54) is 11.8 Å². The highest BCUT2D eigenvalue weighted by molar-refractivity contribution is 7.99. The first kappa shape index (κ1) is 20.3. The van der Waals surface area contributed by atoms with Crippen LogP contribution in [0, 0.1) is 0 Å². The number of nitrogens with one attached hydrogen (secondary N) is 1. The predicted molar refractivity (Wildman–Crippen MR) is 122 cm³/mol. The fourth-order valence-electron chi connectivity index (χ4n) is 3.81. The molecule has 0 fully saturated rings. The molecule has 2 aromatic heterocycles. The summed E-state index contributed by atoms with van der Waals surface area (Å²) in [6, 6.07) is 16.9. The zero-order chi connectivity index (χ0) is 22.1. The Balaban J connectivity index is 1.35. The van der Waals surface area contributed by atoms with E-state index in [0.29, 0.717) is 28.5 Å². The summed E-state index contributed by atoms with van der Waals surface area (Å²) >= 11 is 1.49. The largest absolute Gasteiger partial charge is 0.497 e. The number of rotatable bonds is 6. The van der Waals surface area contributed by atoms with Crippen molar-refractivity contribution >= 4 is 28.7 Å². The fourth-order valence-corrected chi connectivity index (χ4v) is 4.94. The van der Waals surface area contributed by atoms with Crippen molar-refractivity contribution in [2.75, 3.05) is 12.9 Å². The second kappa shape index (κ2) is 8.51. The molecule has 162 valence electrons. The zero-order valence-electron chi connectivity index (χ0n) is 17.4. The number of thioether (sulfide) groups is 1. The third-order valence-corrected chi connectivity index (χ3v) is 6.51. The third kappa shape index (κ3) is 3.75. The van der Waals surface area contributed by atoms with Crippen LogP contribution in [0.4, 0.5) is 0 Å². The van der Waals surface area contributed by atoms with E-state index in [0.717, 1.165) is 17.0 Å². The lowest BCUT2D eigenvalue weighted by atomic mass is 10.2. The maximum atomic E-state index is 13.2. The van der Waals surface area contributed by atoms with E-state index >= 15 is 0 Å². The normalized spacial score (nSPS) is 15.0. The van der Waals surface area contributed by atoms with Gasteiger partial charge in [-0.25, -0.2) is 9.67 Å². The SMILES string of the molecule is COc1cccc(CNC(=O)C[C@@H]2CSc3nc4c(cnn4-c4ccccc4)c(=O)n32)c1. The summed E-state index contributed by atoms with van der Waals surface area (Å²) in [5, 5.41) is 8.37. The van der Waals surface area contributed by atoms with Crippen molar-refractivity contribution in [3.8, 4) is 11.4 Å². The highest BCUT2D eigenvalue weighted by Crippen LogP contribution is 2.33. The highest BCUT2D eigenvalue weighted by atomic mass is 32.2. The van der Waals surface area contributed by atoms with E-state index in [1.54, 1.807) is 22.6 Å². The van der Waals surface area contributed by atoms with Crippen LogP contribution in [0.25, 0.3) is 16.7 Å². The standard InChI is InChI=1S/C23H21N5O3S/c1-31-18-9-5-6-15(10-18)12-24-20(29)11-17-14-32-23-26-21-19(22(30)27(17)23)13-25-28(21)16-7-3-2-4-8-16/h2-10,13,17H,11-12,14H2,1H3,(H,24,29)/t17-/m1/s1. The van der Waals surface area contributed by atoms with Crippen LogP contribution in [0.2, 0.25) is 0 Å². The van der Waals surface area contributed by atoms with Crippen molar-refractivity contribution in [2.45, 2.75) is 24.2 Å². The molecule has 3 heterocycles. The maximum Gasteiger partial charge on any atom is 0.265 e. The molecule has 1 amide bonds. The highest BCUT2D eigenvalue weighted by Gasteiger charge is 2.29. The average Bonchev–Trinajstić information content (AvgIpc) is 3.43. The molecule has 0 spiro atoms. The molecule has 2 aromatic carbocycles. The summed E-state index contributed by atoms with van der Waals surface area (Å²) in [6.07, 6.45) is 1.76. The van der Waals surface area contributed by atoms with Gasteiger partial charge in [-0.05, 0) is 29.8 Å². The summed E-state index contributed by atoms with van der Waals surface area (Å²) in [7, 11) is 1.61. The number of carbonyl (C=O) groups excluding carboxylic acids is 1. The van der Waals surface area contributed by atoms with E-state index in [1.807, 2.05) is 54.6 Å². The predicted octanol–water partition coefficient (Wildman–Crippen LogP) is 2.94. The fraction of sp³-hybridized carbons (Fsp3) is 0.217. The molecule has 0 bridgehead atoms. The Hall–Kier alpha value is -3.59. The minimum absolute atomic E-state index is 0.113. The Kier molecular flexibility index (Phi) is 5.40. The van der Waals surface area contributed by atoms with Gasteiger partial charge in [0.15, 0.2) is 10.8 Å². The molecule has 0 aliphatic carbocycles. The number of methoxy groups -OCH3 is 1. The summed E-state index contributed by atoms with van der Waals surface area (Å²) in [5.74, 6) is 1.26. The first-order valence-corrected chi connectivity index (χ1v) is 11.2. The van der Waals surface area contributed by atoms with E-state index in [-0.39, 0.29) is 23.9 Å².